The molecule has 8 heteroatoms. The Morgan fingerprint density at radius 2 is 2.00 bits per heavy atom. The summed E-state index contributed by atoms with van der Waals surface area (Å²) >= 11 is 5.92. The summed E-state index contributed by atoms with van der Waals surface area (Å²) in [5, 5.41) is 4.28. The zero-order valence-electron chi connectivity index (χ0n) is 11.8. The molecule has 2 aromatic heterocycles. The molecule has 2 N–H and O–H groups in total. The van der Waals surface area contributed by atoms with Gasteiger partial charge in [-0.2, -0.15) is 4.98 Å². The third kappa shape index (κ3) is 3.43. The van der Waals surface area contributed by atoms with Gasteiger partial charge in [-0.1, -0.05) is 16.8 Å². The van der Waals surface area contributed by atoms with E-state index in [9.17, 15) is 0 Å². The van der Waals surface area contributed by atoms with Crippen LogP contribution in [0.5, 0.6) is 0 Å². The summed E-state index contributed by atoms with van der Waals surface area (Å²) in [5.41, 5.74) is 6.55. The van der Waals surface area contributed by atoms with E-state index in [0.29, 0.717) is 5.15 Å². The maximum absolute atomic E-state index is 5.92. The fraction of sp³-hybridized carbons (Fsp3) is 0.462. The van der Waals surface area contributed by atoms with Gasteiger partial charge in [-0.05, 0) is 6.92 Å². The molecule has 3 heterocycles. The Hall–Kier alpha value is -1.86. The third-order valence-corrected chi connectivity index (χ3v) is 3.64. The summed E-state index contributed by atoms with van der Waals surface area (Å²) in [7, 11) is 0. The van der Waals surface area contributed by atoms with Crippen LogP contribution < -0.4 is 10.6 Å². The summed E-state index contributed by atoms with van der Waals surface area (Å²) in [6.07, 6.45) is 0. The van der Waals surface area contributed by atoms with Gasteiger partial charge >= 0.3 is 0 Å². The number of nitrogens with zero attached hydrogens (tertiary/aromatic N) is 5. The van der Waals surface area contributed by atoms with Crippen LogP contribution in [0.25, 0.3) is 0 Å². The minimum absolute atomic E-state index is 0.206. The number of nitrogen functional groups attached to an aromatic ring is 1. The Bertz CT molecular complexity index is 603. The Morgan fingerprint density at radius 1 is 1.24 bits per heavy atom. The van der Waals surface area contributed by atoms with Crippen LogP contribution in [0.2, 0.25) is 5.15 Å². The van der Waals surface area contributed by atoms with Crippen molar-refractivity contribution < 1.29 is 4.52 Å². The van der Waals surface area contributed by atoms with E-state index in [2.05, 4.69) is 24.9 Å². The summed E-state index contributed by atoms with van der Waals surface area (Å²) in [6, 6.07) is 3.71. The molecular weight excluding hydrogens is 292 g/mol. The zero-order valence-corrected chi connectivity index (χ0v) is 12.5. The highest BCUT2D eigenvalue weighted by Crippen LogP contribution is 2.19. The smallest absolute Gasteiger partial charge is 0.223 e. The quantitative estimate of drug-likeness (QED) is 0.856. The molecule has 0 spiro atoms. The number of aryl methyl sites for hydroxylation is 1. The molecule has 3 rings (SSSR count). The lowest BCUT2D eigenvalue weighted by Crippen LogP contribution is -2.46. The Labute approximate surface area is 127 Å². The molecule has 0 aliphatic carbocycles. The molecule has 2 aromatic rings. The molecule has 1 aliphatic rings. The van der Waals surface area contributed by atoms with Crippen molar-refractivity contribution in [1.82, 2.24) is 20.0 Å². The fourth-order valence-electron chi connectivity index (χ4n) is 2.43. The number of piperazine rings is 1. The van der Waals surface area contributed by atoms with Crippen LogP contribution in [0.4, 0.5) is 11.8 Å². The van der Waals surface area contributed by atoms with Gasteiger partial charge in [0.15, 0.2) is 5.76 Å². The summed E-state index contributed by atoms with van der Waals surface area (Å²) in [5.74, 6) is 1.88. The van der Waals surface area contributed by atoms with E-state index in [1.807, 2.05) is 13.0 Å². The molecule has 1 fully saturated rings. The maximum atomic E-state index is 5.92. The Kier molecular flexibility index (Phi) is 3.94. The van der Waals surface area contributed by atoms with Gasteiger partial charge in [0.2, 0.25) is 5.95 Å². The summed E-state index contributed by atoms with van der Waals surface area (Å²) in [6.45, 7) is 6.26. The van der Waals surface area contributed by atoms with Crippen LogP contribution >= 0.6 is 11.6 Å². The van der Waals surface area contributed by atoms with Crippen molar-refractivity contribution in [3.05, 3.63) is 28.7 Å². The van der Waals surface area contributed by atoms with Crippen molar-refractivity contribution in [3.8, 4) is 0 Å². The van der Waals surface area contributed by atoms with Gasteiger partial charge in [-0.25, -0.2) is 4.98 Å². The highest BCUT2D eigenvalue weighted by molar-refractivity contribution is 6.29. The van der Waals surface area contributed by atoms with Gasteiger partial charge in [0, 0.05) is 38.3 Å². The minimum atomic E-state index is 0.206. The van der Waals surface area contributed by atoms with Gasteiger partial charge in [0.05, 0.1) is 12.2 Å². The third-order valence-electron chi connectivity index (χ3n) is 3.45. The van der Waals surface area contributed by atoms with Crippen LogP contribution in [0.15, 0.2) is 16.7 Å². The Morgan fingerprint density at radius 3 is 2.62 bits per heavy atom. The van der Waals surface area contributed by atoms with Crippen LogP contribution in [0.3, 0.4) is 0 Å². The standard InChI is InChI=1S/C13H17ClN6O/c1-9-6-10(21-18-9)8-19-2-4-20(5-3-19)12-7-11(14)16-13(15)17-12/h6-7H,2-5,8H2,1H3,(H2,15,16,17). The van der Waals surface area contributed by atoms with E-state index in [1.165, 1.54) is 0 Å². The molecule has 0 amide bonds. The van der Waals surface area contributed by atoms with Crippen molar-refractivity contribution in [2.75, 3.05) is 36.8 Å². The van der Waals surface area contributed by atoms with Gasteiger partial charge in [0.25, 0.3) is 0 Å². The first-order valence-corrected chi connectivity index (χ1v) is 7.17. The molecule has 1 saturated heterocycles. The molecule has 7 nitrogen and oxygen atoms in total. The van der Waals surface area contributed by atoms with E-state index in [0.717, 1.165) is 50.0 Å². The van der Waals surface area contributed by atoms with Crippen LogP contribution in [0, 0.1) is 6.92 Å². The lowest BCUT2D eigenvalue weighted by Gasteiger charge is -2.34. The number of hydrogen-bond donors (Lipinski definition) is 1. The number of halogens is 1. The van der Waals surface area contributed by atoms with Crippen molar-refractivity contribution >= 4 is 23.4 Å². The second-order valence-corrected chi connectivity index (χ2v) is 5.49. The monoisotopic (exact) mass is 308 g/mol. The van der Waals surface area contributed by atoms with Crippen LogP contribution in [0.1, 0.15) is 11.5 Å². The summed E-state index contributed by atoms with van der Waals surface area (Å²) < 4.78 is 5.25. The SMILES string of the molecule is Cc1cc(CN2CCN(c3cc(Cl)nc(N)n3)CC2)on1. The van der Waals surface area contributed by atoms with E-state index in [4.69, 9.17) is 21.9 Å². The topological polar surface area (TPSA) is 84.3 Å². The first kappa shape index (κ1) is 14.1. The maximum Gasteiger partial charge on any atom is 0.223 e. The highest BCUT2D eigenvalue weighted by atomic mass is 35.5. The molecule has 112 valence electrons. The number of hydrogen-bond acceptors (Lipinski definition) is 7. The fourth-order valence-corrected chi connectivity index (χ4v) is 2.62. The van der Waals surface area contributed by atoms with Gasteiger partial charge < -0.3 is 15.2 Å². The number of anilines is 2. The zero-order chi connectivity index (χ0) is 14.8. The van der Waals surface area contributed by atoms with E-state index >= 15 is 0 Å². The van der Waals surface area contributed by atoms with E-state index < -0.39 is 0 Å². The average Bonchev–Trinajstić information content (AvgIpc) is 2.84. The first-order valence-electron chi connectivity index (χ1n) is 6.80. The molecule has 21 heavy (non-hydrogen) atoms. The van der Waals surface area contributed by atoms with Gasteiger partial charge in [0.1, 0.15) is 11.0 Å². The molecule has 0 aromatic carbocycles. The predicted molar refractivity (Wildman–Crippen MR) is 80.2 cm³/mol. The highest BCUT2D eigenvalue weighted by Gasteiger charge is 2.20. The molecule has 0 radical (unpaired) electrons. The molecule has 1 aliphatic heterocycles. The van der Waals surface area contributed by atoms with Gasteiger partial charge in [-0.15, -0.1) is 0 Å². The molecule has 0 bridgehead atoms. The molecule has 0 unspecified atom stereocenters. The van der Waals surface area contributed by atoms with E-state index in [-0.39, 0.29) is 5.95 Å². The first-order chi connectivity index (χ1) is 10.1. The second kappa shape index (κ2) is 5.87. The van der Waals surface area contributed by atoms with Crippen molar-refractivity contribution in [1.29, 1.82) is 0 Å². The normalized spacial score (nSPS) is 16.4. The molecular formula is C13H17ClN6O. The predicted octanol–water partition coefficient (Wildman–Crippen LogP) is 1.33. The number of aromatic nitrogens is 3. The van der Waals surface area contributed by atoms with Crippen molar-refractivity contribution in [2.24, 2.45) is 0 Å². The second-order valence-electron chi connectivity index (χ2n) is 5.10. The lowest BCUT2D eigenvalue weighted by atomic mass is 10.3. The van der Waals surface area contributed by atoms with Gasteiger partial charge in [-0.3, -0.25) is 4.90 Å². The minimum Gasteiger partial charge on any atom is -0.368 e. The van der Waals surface area contributed by atoms with Crippen LogP contribution in [-0.4, -0.2) is 46.2 Å². The summed E-state index contributed by atoms with van der Waals surface area (Å²) in [4.78, 5) is 12.6. The van der Waals surface area contributed by atoms with Crippen molar-refractivity contribution in [2.45, 2.75) is 13.5 Å². The Balaban J connectivity index is 1.59. The molecule has 0 saturated carbocycles. The average molecular weight is 309 g/mol. The lowest BCUT2D eigenvalue weighted by molar-refractivity contribution is 0.219. The largest absolute Gasteiger partial charge is 0.368 e. The molecule has 0 atom stereocenters. The van der Waals surface area contributed by atoms with E-state index in [1.54, 1.807) is 6.07 Å². The number of nitrogens with two attached hydrogens (primary N) is 1. The van der Waals surface area contributed by atoms with Crippen molar-refractivity contribution in [3.63, 3.8) is 0 Å². The number of rotatable bonds is 3. The van der Waals surface area contributed by atoms with Crippen LogP contribution in [-0.2, 0) is 6.54 Å².